The van der Waals surface area contributed by atoms with Gasteiger partial charge in [-0.2, -0.15) is 18.8 Å². The maximum absolute atomic E-state index is 9.41. The molecule has 0 aliphatic carbocycles. The summed E-state index contributed by atoms with van der Waals surface area (Å²) in [7, 11) is 0. The molecule has 4 nitrogen and oxygen atoms in total. The molecule has 1 rings (SSSR count). The molecule has 0 spiro atoms. The Kier molecular flexibility index (Phi) is 12.9. The van der Waals surface area contributed by atoms with Crippen LogP contribution >= 0.6 is 13.5 Å². The first kappa shape index (κ1) is 17.7. The summed E-state index contributed by atoms with van der Waals surface area (Å²) in [6, 6.07) is 8.36. The number of hydrogen-bond acceptors (Lipinski definition) is 4. The first-order chi connectivity index (χ1) is 7.72. The van der Waals surface area contributed by atoms with Crippen LogP contribution in [0, 0.1) is 25.4 Å². The highest BCUT2D eigenvalue weighted by Gasteiger charge is 1.84. The number of nitriles is 1. The van der Waals surface area contributed by atoms with E-state index < -0.39 is 0 Å². The molecule has 0 heterocycles. The van der Waals surface area contributed by atoms with Gasteiger partial charge < -0.3 is 9.47 Å². The molecule has 0 aromatic heterocycles. The number of carbonyl (C=O) groups is 1. The molecule has 5 heteroatoms. The lowest BCUT2D eigenvalue weighted by Crippen LogP contribution is -1.98. The summed E-state index contributed by atoms with van der Waals surface area (Å²) in [5, 5.41) is 7.75. The van der Waals surface area contributed by atoms with Crippen LogP contribution in [0.15, 0.2) is 24.3 Å². The minimum absolute atomic E-state index is 0. The average molecular weight is 255 g/mol. The number of rotatable bonds is 4. The van der Waals surface area contributed by atoms with Gasteiger partial charge >= 0.3 is 0 Å². The smallest absolute Gasteiger partial charge is 0.293 e. The van der Waals surface area contributed by atoms with Crippen molar-refractivity contribution in [2.75, 3.05) is 13.2 Å². The Balaban J connectivity index is 0. The van der Waals surface area contributed by atoms with E-state index in [1.54, 1.807) is 0 Å². The van der Waals surface area contributed by atoms with Crippen LogP contribution in [0.3, 0.4) is 0 Å². The van der Waals surface area contributed by atoms with Gasteiger partial charge in [0.2, 0.25) is 0 Å². The second kappa shape index (κ2) is 12.4. The molecule has 1 aromatic rings. The normalized spacial score (nSPS) is 7.59. The van der Waals surface area contributed by atoms with E-state index in [-0.39, 0.29) is 26.7 Å². The van der Waals surface area contributed by atoms with Gasteiger partial charge in [0.25, 0.3) is 12.7 Å². The van der Waals surface area contributed by atoms with Gasteiger partial charge in [0.05, 0.1) is 0 Å². The van der Waals surface area contributed by atoms with Crippen LogP contribution in [0.25, 0.3) is 0 Å². The Hall–Kier alpha value is -1.67. The quantitative estimate of drug-likeness (QED) is 0.469. The number of aryl methyl sites for hydroxylation is 2. The third-order valence-corrected chi connectivity index (χ3v) is 1.86. The number of hydrogen-bond donors (Lipinski definition) is 0. The van der Waals surface area contributed by atoms with Gasteiger partial charge in [0.1, 0.15) is 13.2 Å². The molecule has 0 amide bonds. The van der Waals surface area contributed by atoms with Gasteiger partial charge in [0.15, 0.2) is 0 Å². The monoisotopic (exact) mass is 255 g/mol. The minimum atomic E-state index is 0. The van der Waals surface area contributed by atoms with Gasteiger partial charge in [0, 0.05) is 0 Å². The second-order valence-corrected chi connectivity index (χ2v) is 2.99. The second-order valence-electron chi connectivity index (χ2n) is 2.99. The molecular weight excluding hydrogens is 238 g/mol. The molecule has 0 atom stereocenters. The molecule has 0 radical (unpaired) electrons. The van der Waals surface area contributed by atoms with Crippen molar-refractivity contribution in [3.05, 3.63) is 35.4 Å². The lowest BCUT2D eigenvalue weighted by molar-refractivity contribution is -0.129. The predicted octanol–water partition coefficient (Wildman–Crippen LogP) is 2.07. The third kappa shape index (κ3) is 10.6. The molecule has 0 fully saturated rings. The van der Waals surface area contributed by atoms with Gasteiger partial charge in [-0.1, -0.05) is 24.3 Å². The summed E-state index contributed by atoms with van der Waals surface area (Å²) in [6.07, 6.45) is 1.43. The van der Waals surface area contributed by atoms with Gasteiger partial charge in [-0.05, 0) is 25.0 Å². The van der Waals surface area contributed by atoms with Crippen molar-refractivity contribution in [2.24, 2.45) is 0 Å². The lowest BCUT2D eigenvalue weighted by Gasteiger charge is -1.93. The van der Waals surface area contributed by atoms with E-state index in [1.165, 1.54) is 17.4 Å². The first-order valence-corrected chi connectivity index (χ1v) is 4.80. The van der Waals surface area contributed by atoms with Crippen LogP contribution in [0.1, 0.15) is 11.1 Å². The van der Waals surface area contributed by atoms with E-state index in [9.17, 15) is 4.79 Å². The number of benzene rings is 1. The maximum atomic E-state index is 9.41. The fourth-order valence-corrected chi connectivity index (χ4v) is 0.846. The number of ether oxygens (including phenoxy) is 2. The fraction of sp³-hybridized carbons (Fsp3) is 0.333. The molecule has 0 unspecified atom stereocenters. The van der Waals surface area contributed by atoms with Crippen LogP contribution in [0.4, 0.5) is 0 Å². The SMILES string of the molecule is Cc1ccccc1C.N#COCCOC=O.S. The van der Waals surface area contributed by atoms with E-state index in [1.807, 2.05) is 0 Å². The van der Waals surface area contributed by atoms with E-state index in [4.69, 9.17) is 5.26 Å². The van der Waals surface area contributed by atoms with Gasteiger partial charge in [-0.15, -0.1) is 0 Å². The highest BCUT2D eigenvalue weighted by atomic mass is 32.1. The standard InChI is InChI=1S/C8H10.C4H5NO3.H2S/c1-7-5-3-4-6-8(7)2;5-3-7-1-2-8-4-6;/h3-6H,1-2H3;4H,1-2H2;1H2. The van der Waals surface area contributed by atoms with Crippen molar-refractivity contribution in [1.82, 2.24) is 0 Å². The van der Waals surface area contributed by atoms with Gasteiger partial charge in [-0.25, -0.2) is 0 Å². The molecule has 0 N–H and O–H groups in total. The number of carbonyl (C=O) groups excluding carboxylic acids is 1. The first-order valence-electron chi connectivity index (χ1n) is 4.80. The van der Waals surface area contributed by atoms with Gasteiger partial charge in [-0.3, -0.25) is 4.79 Å². The summed E-state index contributed by atoms with van der Waals surface area (Å²) in [4.78, 5) is 9.41. The van der Waals surface area contributed by atoms with Crippen LogP contribution < -0.4 is 0 Å². The van der Waals surface area contributed by atoms with E-state index in [0.29, 0.717) is 6.47 Å². The van der Waals surface area contributed by atoms with Crippen LogP contribution in [-0.4, -0.2) is 19.7 Å². The van der Waals surface area contributed by atoms with E-state index >= 15 is 0 Å². The Labute approximate surface area is 109 Å². The fourth-order valence-electron chi connectivity index (χ4n) is 0.846. The van der Waals surface area contributed by atoms with Crippen molar-refractivity contribution < 1.29 is 14.3 Å². The Bertz CT molecular complexity index is 329. The molecule has 0 saturated heterocycles. The Morgan fingerprint density at radius 2 is 1.76 bits per heavy atom. The molecule has 0 bridgehead atoms. The average Bonchev–Trinajstić information content (AvgIpc) is 2.30. The van der Waals surface area contributed by atoms with E-state index in [2.05, 4.69) is 47.6 Å². The largest absolute Gasteiger partial charge is 0.464 e. The van der Waals surface area contributed by atoms with Crippen molar-refractivity contribution in [2.45, 2.75) is 13.8 Å². The van der Waals surface area contributed by atoms with E-state index in [0.717, 1.165) is 0 Å². The summed E-state index contributed by atoms with van der Waals surface area (Å²) in [5.41, 5.74) is 2.74. The highest BCUT2D eigenvalue weighted by molar-refractivity contribution is 7.59. The molecule has 0 aliphatic rings. The Morgan fingerprint density at radius 3 is 2.12 bits per heavy atom. The Morgan fingerprint density at radius 1 is 1.24 bits per heavy atom. The molecule has 1 aromatic carbocycles. The summed E-state index contributed by atoms with van der Waals surface area (Å²) >= 11 is 0. The zero-order chi connectivity index (χ0) is 12.2. The van der Waals surface area contributed by atoms with Crippen molar-refractivity contribution >= 4 is 20.0 Å². The zero-order valence-corrected chi connectivity index (χ0v) is 11.0. The topological polar surface area (TPSA) is 59.3 Å². The number of nitrogens with zero attached hydrogens (tertiary/aromatic N) is 1. The summed E-state index contributed by atoms with van der Waals surface area (Å²) < 4.78 is 8.34. The molecular formula is C12H17NO3S. The van der Waals surface area contributed by atoms with Crippen molar-refractivity contribution in [3.8, 4) is 6.26 Å². The van der Waals surface area contributed by atoms with Crippen molar-refractivity contribution in [1.29, 1.82) is 5.26 Å². The minimum Gasteiger partial charge on any atom is -0.464 e. The molecule has 94 valence electrons. The van der Waals surface area contributed by atoms with Crippen LogP contribution in [-0.2, 0) is 14.3 Å². The zero-order valence-electron chi connectivity index (χ0n) is 9.97. The van der Waals surface area contributed by atoms with Crippen LogP contribution in [0.2, 0.25) is 0 Å². The lowest BCUT2D eigenvalue weighted by atomic mass is 10.1. The molecule has 17 heavy (non-hydrogen) atoms. The maximum Gasteiger partial charge on any atom is 0.293 e. The van der Waals surface area contributed by atoms with Crippen molar-refractivity contribution in [3.63, 3.8) is 0 Å². The molecule has 0 aliphatic heterocycles. The predicted molar refractivity (Wildman–Crippen MR) is 69.9 cm³/mol. The summed E-state index contributed by atoms with van der Waals surface area (Å²) in [5.74, 6) is 0. The highest BCUT2D eigenvalue weighted by Crippen LogP contribution is 2.02. The molecule has 0 saturated carbocycles. The van der Waals surface area contributed by atoms with Crippen LogP contribution in [0.5, 0.6) is 0 Å². The third-order valence-electron chi connectivity index (χ3n) is 1.86. The summed E-state index contributed by atoms with van der Waals surface area (Å²) in [6.45, 7) is 4.82.